The van der Waals surface area contributed by atoms with E-state index in [4.69, 9.17) is 5.26 Å². The molecule has 0 saturated carbocycles. The predicted octanol–water partition coefficient (Wildman–Crippen LogP) is 3.05. The van der Waals surface area contributed by atoms with Gasteiger partial charge in [0.25, 0.3) is 5.69 Å². The van der Waals surface area contributed by atoms with E-state index >= 15 is 0 Å². The summed E-state index contributed by atoms with van der Waals surface area (Å²) in [6, 6.07) is 13.3. The number of aldehydes is 1. The maximum Gasteiger partial charge on any atom is 0.280 e. The molecule has 0 aliphatic rings. The molecule has 2 aromatic rings. The standard InChI is InChI=1S/C15H11N3O3/c1-17(13-4-2-3-11(7-13)9-16)14-5-6-15(18(20)21)12(8-14)10-19/h2-8,10H,1H3. The zero-order valence-corrected chi connectivity index (χ0v) is 11.2. The van der Waals surface area contributed by atoms with E-state index in [2.05, 4.69) is 0 Å². The summed E-state index contributed by atoms with van der Waals surface area (Å²) in [7, 11) is 1.76. The second-order valence-corrected chi connectivity index (χ2v) is 4.34. The molecule has 0 amide bonds. The van der Waals surface area contributed by atoms with Crippen LogP contribution in [0.25, 0.3) is 0 Å². The Balaban J connectivity index is 2.44. The van der Waals surface area contributed by atoms with Crippen LogP contribution in [0.1, 0.15) is 15.9 Å². The maximum absolute atomic E-state index is 11.0. The van der Waals surface area contributed by atoms with Crippen molar-refractivity contribution < 1.29 is 9.72 Å². The molecule has 21 heavy (non-hydrogen) atoms. The van der Waals surface area contributed by atoms with Crippen molar-refractivity contribution in [1.82, 2.24) is 0 Å². The normalized spacial score (nSPS) is 9.71. The van der Waals surface area contributed by atoms with Gasteiger partial charge in [0.1, 0.15) is 0 Å². The second-order valence-electron chi connectivity index (χ2n) is 4.34. The molecule has 0 aliphatic carbocycles. The van der Waals surface area contributed by atoms with Gasteiger partial charge in [0.15, 0.2) is 6.29 Å². The summed E-state index contributed by atoms with van der Waals surface area (Å²) in [6.45, 7) is 0. The molecule has 0 radical (unpaired) electrons. The van der Waals surface area contributed by atoms with Crippen LogP contribution in [-0.4, -0.2) is 18.3 Å². The molecule has 0 aromatic heterocycles. The minimum Gasteiger partial charge on any atom is -0.345 e. The van der Waals surface area contributed by atoms with Crippen molar-refractivity contribution in [3.63, 3.8) is 0 Å². The van der Waals surface area contributed by atoms with Crippen molar-refractivity contribution in [2.45, 2.75) is 0 Å². The maximum atomic E-state index is 11.0. The molecule has 6 nitrogen and oxygen atoms in total. The molecule has 0 fully saturated rings. The van der Waals surface area contributed by atoms with Gasteiger partial charge in [0.2, 0.25) is 0 Å². The van der Waals surface area contributed by atoms with Gasteiger partial charge in [-0.2, -0.15) is 5.26 Å². The van der Waals surface area contributed by atoms with Crippen LogP contribution in [0.2, 0.25) is 0 Å². The fourth-order valence-corrected chi connectivity index (χ4v) is 1.94. The van der Waals surface area contributed by atoms with E-state index in [9.17, 15) is 14.9 Å². The molecule has 0 bridgehead atoms. The Morgan fingerprint density at radius 1 is 1.24 bits per heavy atom. The smallest absolute Gasteiger partial charge is 0.280 e. The number of hydrogen-bond acceptors (Lipinski definition) is 5. The zero-order chi connectivity index (χ0) is 15.4. The lowest BCUT2D eigenvalue weighted by Crippen LogP contribution is -2.10. The largest absolute Gasteiger partial charge is 0.345 e. The van der Waals surface area contributed by atoms with Gasteiger partial charge in [-0.25, -0.2) is 0 Å². The zero-order valence-electron chi connectivity index (χ0n) is 11.2. The molecule has 0 spiro atoms. The van der Waals surface area contributed by atoms with E-state index in [0.717, 1.165) is 5.69 Å². The van der Waals surface area contributed by atoms with E-state index in [1.165, 1.54) is 12.1 Å². The van der Waals surface area contributed by atoms with Gasteiger partial charge in [-0.15, -0.1) is 0 Å². The van der Waals surface area contributed by atoms with Crippen LogP contribution in [0.4, 0.5) is 17.1 Å². The number of hydrogen-bond donors (Lipinski definition) is 0. The number of nitriles is 1. The Hall–Kier alpha value is -3.20. The van der Waals surface area contributed by atoms with E-state index in [1.54, 1.807) is 36.2 Å². The molecule has 0 heterocycles. The van der Waals surface area contributed by atoms with Crippen LogP contribution in [-0.2, 0) is 0 Å². The molecule has 0 unspecified atom stereocenters. The van der Waals surface area contributed by atoms with Gasteiger partial charge in [-0.05, 0) is 30.3 Å². The Kier molecular flexibility index (Phi) is 3.95. The first-order valence-electron chi connectivity index (χ1n) is 6.04. The van der Waals surface area contributed by atoms with E-state index in [0.29, 0.717) is 17.5 Å². The molecule has 104 valence electrons. The predicted molar refractivity (Wildman–Crippen MR) is 77.7 cm³/mol. The fraction of sp³-hybridized carbons (Fsp3) is 0.0667. The summed E-state index contributed by atoms with van der Waals surface area (Å²) >= 11 is 0. The van der Waals surface area contributed by atoms with Gasteiger partial charge in [0, 0.05) is 24.5 Å². The number of nitro benzene ring substituents is 1. The van der Waals surface area contributed by atoms with Crippen LogP contribution in [0.15, 0.2) is 42.5 Å². The molecule has 2 rings (SSSR count). The number of nitro groups is 1. The van der Waals surface area contributed by atoms with Crippen molar-refractivity contribution in [2.75, 3.05) is 11.9 Å². The van der Waals surface area contributed by atoms with Crippen LogP contribution in [0, 0.1) is 21.4 Å². The topological polar surface area (TPSA) is 87.2 Å². The average Bonchev–Trinajstić information content (AvgIpc) is 2.53. The lowest BCUT2D eigenvalue weighted by molar-refractivity contribution is -0.385. The van der Waals surface area contributed by atoms with Crippen LogP contribution in [0.5, 0.6) is 0 Å². The SMILES string of the molecule is CN(c1cccc(C#N)c1)c1ccc([N+](=O)[O-])c(C=O)c1. The fourth-order valence-electron chi connectivity index (χ4n) is 1.94. The monoisotopic (exact) mass is 281 g/mol. The Morgan fingerprint density at radius 3 is 2.57 bits per heavy atom. The van der Waals surface area contributed by atoms with E-state index in [1.807, 2.05) is 12.1 Å². The first-order chi connectivity index (χ1) is 10.1. The third-order valence-corrected chi connectivity index (χ3v) is 3.08. The third-order valence-electron chi connectivity index (χ3n) is 3.08. The molecular weight excluding hydrogens is 270 g/mol. The minimum absolute atomic E-state index is 0.0146. The molecule has 6 heteroatoms. The quantitative estimate of drug-likeness (QED) is 0.488. The van der Waals surface area contributed by atoms with Crippen molar-refractivity contribution >= 4 is 23.3 Å². The summed E-state index contributed by atoms with van der Waals surface area (Å²) in [5, 5.41) is 19.7. The Morgan fingerprint density at radius 2 is 1.95 bits per heavy atom. The van der Waals surface area contributed by atoms with Gasteiger partial charge < -0.3 is 4.90 Å². The highest BCUT2D eigenvalue weighted by Crippen LogP contribution is 2.28. The van der Waals surface area contributed by atoms with Gasteiger partial charge in [-0.3, -0.25) is 14.9 Å². The number of benzene rings is 2. The van der Waals surface area contributed by atoms with Gasteiger partial charge in [-0.1, -0.05) is 6.07 Å². The number of carbonyl (C=O) groups is 1. The molecular formula is C15H11N3O3. The highest BCUT2D eigenvalue weighted by Gasteiger charge is 2.15. The molecule has 0 aliphatic heterocycles. The molecule has 2 aromatic carbocycles. The van der Waals surface area contributed by atoms with Crippen molar-refractivity contribution in [3.05, 3.63) is 63.7 Å². The molecule has 0 atom stereocenters. The van der Waals surface area contributed by atoms with E-state index in [-0.39, 0.29) is 11.3 Å². The molecule has 0 N–H and O–H groups in total. The van der Waals surface area contributed by atoms with Crippen molar-refractivity contribution in [3.8, 4) is 6.07 Å². The van der Waals surface area contributed by atoms with Gasteiger partial charge in [0.05, 0.1) is 22.1 Å². The lowest BCUT2D eigenvalue weighted by Gasteiger charge is -2.19. The summed E-state index contributed by atoms with van der Waals surface area (Å²) in [5.74, 6) is 0. The van der Waals surface area contributed by atoms with Crippen LogP contribution in [0.3, 0.4) is 0 Å². The highest BCUT2D eigenvalue weighted by molar-refractivity contribution is 5.84. The van der Waals surface area contributed by atoms with Gasteiger partial charge >= 0.3 is 0 Å². The number of anilines is 2. The van der Waals surface area contributed by atoms with Crippen LogP contribution < -0.4 is 4.90 Å². The van der Waals surface area contributed by atoms with Crippen LogP contribution >= 0.6 is 0 Å². The Bertz CT molecular complexity index is 750. The number of nitrogens with zero attached hydrogens (tertiary/aromatic N) is 3. The highest BCUT2D eigenvalue weighted by atomic mass is 16.6. The summed E-state index contributed by atoms with van der Waals surface area (Å²) in [4.78, 5) is 22.9. The Labute approximate surface area is 121 Å². The van der Waals surface area contributed by atoms with Crippen molar-refractivity contribution in [1.29, 1.82) is 5.26 Å². The van der Waals surface area contributed by atoms with E-state index < -0.39 is 4.92 Å². The summed E-state index contributed by atoms with van der Waals surface area (Å²) < 4.78 is 0. The second kappa shape index (κ2) is 5.84. The van der Waals surface area contributed by atoms with Crippen molar-refractivity contribution in [2.24, 2.45) is 0 Å². The lowest BCUT2D eigenvalue weighted by atomic mass is 10.1. The number of rotatable bonds is 4. The average molecular weight is 281 g/mol. The summed E-state index contributed by atoms with van der Waals surface area (Å²) in [6.07, 6.45) is 0.459. The third kappa shape index (κ3) is 2.87. The first-order valence-corrected chi connectivity index (χ1v) is 6.04. The molecule has 0 saturated heterocycles. The minimum atomic E-state index is -0.593. The number of carbonyl (C=O) groups excluding carboxylic acids is 1. The first kappa shape index (κ1) is 14.2. The summed E-state index contributed by atoms with van der Waals surface area (Å²) in [5.41, 5.74) is 1.67.